The van der Waals surface area contributed by atoms with Gasteiger partial charge in [0.05, 0.1) is 6.21 Å². The lowest BCUT2D eigenvalue weighted by molar-refractivity contribution is 0.0950. The summed E-state index contributed by atoms with van der Waals surface area (Å²) in [5.41, 5.74) is 4.27. The second-order valence-electron chi connectivity index (χ2n) is 4.36. The van der Waals surface area contributed by atoms with E-state index in [1.54, 1.807) is 18.2 Å². The molecule has 3 rings (SSSR count). The van der Waals surface area contributed by atoms with Crippen molar-refractivity contribution in [1.29, 1.82) is 0 Å². The molecule has 1 amide bonds. The van der Waals surface area contributed by atoms with Crippen LogP contribution >= 0.6 is 15.9 Å². The lowest BCUT2D eigenvalue weighted by Gasteiger charge is -2.01. The van der Waals surface area contributed by atoms with Gasteiger partial charge in [-0.25, -0.2) is 5.43 Å². The Morgan fingerprint density at radius 2 is 2.19 bits per heavy atom. The summed E-state index contributed by atoms with van der Waals surface area (Å²) in [6.45, 7) is 2.02. The van der Waals surface area contributed by atoms with Crippen LogP contribution in [0.4, 0.5) is 0 Å². The molecule has 2 heterocycles. The maximum atomic E-state index is 11.8. The number of hydrogen-bond donors (Lipinski definition) is 2. The molecule has 1 aromatic carbocycles. The van der Waals surface area contributed by atoms with Crippen molar-refractivity contribution in [3.05, 3.63) is 39.6 Å². The largest absolute Gasteiger partial charge is 0.454 e. The van der Waals surface area contributed by atoms with Crippen LogP contribution in [0.15, 0.2) is 27.8 Å². The van der Waals surface area contributed by atoms with Gasteiger partial charge in [0.25, 0.3) is 5.91 Å². The van der Waals surface area contributed by atoms with Crippen molar-refractivity contribution < 1.29 is 14.3 Å². The molecule has 0 unspecified atom stereocenters. The van der Waals surface area contributed by atoms with Crippen LogP contribution in [0, 0.1) is 6.92 Å². The third-order valence-corrected chi connectivity index (χ3v) is 3.49. The third kappa shape index (κ3) is 2.89. The minimum Gasteiger partial charge on any atom is -0.454 e. The van der Waals surface area contributed by atoms with E-state index in [1.807, 2.05) is 6.92 Å². The molecule has 1 aliphatic heterocycles. The molecule has 0 atom stereocenters. The fourth-order valence-corrected chi connectivity index (χ4v) is 2.21. The fourth-order valence-electron chi connectivity index (χ4n) is 1.78. The number of carbonyl (C=O) groups is 1. The Labute approximate surface area is 128 Å². The zero-order valence-electron chi connectivity index (χ0n) is 11.0. The van der Waals surface area contributed by atoms with E-state index < -0.39 is 0 Å². The Bertz CT molecular complexity index is 726. The molecular formula is C13H11BrN4O3. The van der Waals surface area contributed by atoms with Crippen LogP contribution in [-0.4, -0.2) is 29.1 Å². The van der Waals surface area contributed by atoms with Gasteiger partial charge < -0.3 is 9.47 Å². The number of nitrogens with zero attached hydrogens (tertiary/aromatic N) is 2. The number of fused-ring (bicyclic) bond motifs is 1. The van der Waals surface area contributed by atoms with Gasteiger partial charge in [-0.1, -0.05) is 0 Å². The van der Waals surface area contributed by atoms with Gasteiger partial charge in [-0.3, -0.25) is 9.89 Å². The van der Waals surface area contributed by atoms with E-state index in [1.165, 1.54) is 6.21 Å². The van der Waals surface area contributed by atoms with Gasteiger partial charge in [-0.2, -0.15) is 10.2 Å². The molecule has 21 heavy (non-hydrogen) atoms. The van der Waals surface area contributed by atoms with Crippen LogP contribution in [-0.2, 0) is 0 Å². The zero-order chi connectivity index (χ0) is 14.8. The molecule has 0 radical (unpaired) electrons. The maximum Gasteiger partial charge on any atom is 0.291 e. The first-order valence-corrected chi connectivity index (χ1v) is 6.87. The van der Waals surface area contributed by atoms with Crippen LogP contribution in [0.2, 0.25) is 0 Å². The smallest absolute Gasteiger partial charge is 0.291 e. The standard InChI is InChI=1S/C13H11BrN4O3/c1-7-2-10(17-16-7)13(19)18-15-5-8-3-11-12(4-9(8)14)21-6-20-11/h2-5H,6H2,1H3,(H,16,17)(H,18,19)/b15-5-. The van der Waals surface area contributed by atoms with Crippen molar-refractivity contribution in [2.75, 3.05) is 6.79 Å². The summed E-state index contributed by atoms with van der Waals surface area (Å²) in [4.78, 5) is 11.8. The Kier molecular flexibility index (Phi) is 3.61. The number of H-pyrrole nitrogens is 1. The minimum atomic E-state index is -0.382. The van der Waals surface area contributed by atoms with Crippen molar-refractivity contribution in [3.8, 4) is 11.5 Å². The molecule has 7 nitrogen and oxygen atoms in total. The number of halogens is 1. The summed E-state index contributed by atoms with van der Waals surface area (Å²) in [5.74, 6) is 0.941. The van der Waals surface area contributed by atoms with Gasteiger partial charge in [-0.15, -0.1) is 0 Å². The molecule has 2 aromatic rings. The van der Waals surface area contributed by atoms with E-state index in [-0.39, 0.29) is 18.4 Å². The van der Waals surface area contributed by atoms with Gasteiger partial charge in [0.1, 0.15) is 0 Å². The van der Waals surface area contributed by atoms with E-state index in [4.69, 9.17) is 9.47 Å². The highest BCUT2D eigenvalue weighted by atomic mass is 79.9. The van der Waals surface area contributed by atoms with E-state index in [9.17, 15) is 4.79 Å². The fraction of sp³-hybridized carbons (Fsp3) is 0.154. The van der Waals surface area contributed by atoms with Crippen LogP contribution in [0.5, 0.6) is 11.5 Å². The number of aromatic nitrogens is 2. The topological polar surface area (TPSA) is 88.6 Å². The van der Waals surface area contributed by atoms with Gasteiger partial charge in [-0.05, 0) is 41.1 Å². The molecule has 2 N–H and O–H groups in total. The van der Waals surface area contributed by atoms with Gasteiger partial charge in [0, 0.05) is 15.7 Å². The van der Waals surface area contributed by atoms with Crippen molar-refractivity contribution in [1.82, 2.24) is 15.6 Å². The second kappa shape index (κ2) is 5.57. The number of hydrogen-bond acceptors (Lipinski definition) is 5. The van der Waals surface area contributed by atoms with Crippen molar-refractivity contribution >= 4 is 28.1 Å². The predicted molar refractivity (Wildman–Crippen MR) is 78.6 cm³/mol. The Balaban J connectivity index is 1.70. The Morgan fingerprint density at radius 3 is 2.90 bits per heavy atom. The van der Waals surface area contributed by atoms with Gasteiger partial charge >= 0.3 is 0 Å². The number of ether oxygens (including phenoxy) is 2. The Hall–Kier alpha value is -2.35. The monoisotopic (exact) mass is 350 g/mol. The molecule has 108 valence electrons. The number of rotatable bonds is 3. The summed E-state index contributed by atoms with van der Waals surface area (Å²) in [6, 6.07) is 5.21. The molecule has 8 heteroatoms. The highest BCUT2D eigenvalue weighted by Gasteiger charge is 2.15. The first-order valence-electron chi connectivity index (χ1n) is 6.08. The van der Waals surface area contributed by atoms with Crippen LogP contribution in [0.3, 0.4) is 0 Å². The number of benzene rings is 1. The van der Waals surface area contributed by atoms with Crippen LogP contribution < -0.4 is 14.9 Å². The van der Waals surface area contributed by atoms with Gasteiger partial charge in [0.15, 0.2) is 17.2 Å². The molecule has 1 aromatic heterocycles. The lowest BCUT2D eigenvalue weighted by atomic mass is 10.2. The average molecular weight is 351 g/mol. The molecular weight excluding hydrogens is 340 g/mol. The highest BCUT2D eigenvalue weighted by Crippen LogP contribution is 2.36. The summed E-state index contributed by atoms with van der Waals surface area (Å²) >= 11 is 3.41. The average Bonchev–Trinajstić information content (AvgIpc) is 3.07. The van der Waals surface area contributed by atoms with Crippen molar-refractivity contribution in [2.45, 2.75) is 6.92 Å². The van der Waals surface area contributed by atoms with Crippen LogP contribution in [0.1, 0.15) is 21.7 Å². The molecule has 0 fully saturated rings. The summed E-state index contributed by atoms with van der Waals surface area (Å²) in [6.07, 6.45) is 1.52. The molecule has 0 spiro atoms. The molecule has 0 bridgehead atoms. The quantitative estimate of drug-likeness (QED) is 0.654. The predicted octanol–water partition coefficient (Wildman–Crippen LogP) is 1.97. The number of amides is 1. The molecule has 0 saturated heterocycles. The number of aromatic amines is 1. The number of hydrazone groups is 1. The summed E-state index contributed by atoms with van der Waals surface area (Å²) in [5, 5.41) is 10.5. The molecule has 0 aliphatic carbocycles. The molecule has 0 saturated carbocycles. The van der Waals surface area contributed by atoms with Crippen molar-refractivity contribution in [3.63, 3.8) is 0 Å². The summed E-state index contributed by atoms with van der Waals surface area (Å²) < 4.78 is 11.3. The van der Waals surface area contributed by atoms with Crippen LogP contribution in [0.25, 0.3) is 0 Å². The van der Waals surface area contributed by atoms with Gasteiger partial charge in [0.2, 0.25) is 6.79 Å². The van der Waals surface area contributed by atoms with Crippen molar-refractivity contribution in [2.24, 2.45) is 5.10 Å². The normalized spacial score (nSPS) is 12.9. The van der Waals surface area contributed by atoms with E-state index >= 15 is 0 Å². The van der Waals surface area contributed by atoms with E-state index in [2.05, 4.69) is 36.7 Å². The number of carbonyl (C=O) groups excluding carboxylic acids is 1. The number of aryl methyl sites for hydroxylation is 1. The third-order valence-electron chi connectivity index (χ3n) is 2.80. The highest BCUT2D eigenvalue weighted by molar-refractivity contribution is 9.10. The first-order chi connectivity index (χ1) is 10.1. The first kappa shape index (κ1) is 13.6. The lowest BCUT2D eigenvalue weighted by Crippen LogP contribution is -2.18. The number of nitrogens with one attached hydrogen (secondary N) is 2. The second-order valence-corrected chi connectivity index (χ2v) is 5.22. The summed E-state index contributed by atoms with van der Waals surface area (Å²) in [7, 11) is 0. The molecule has 1 aliphatic rings. The minimum absolute atomic E-state index is 0.206. The Morgan fingerprint density at radius 1 is 1.43 bits per heavy atom. The zero-order valence-corrected chi connectivity index (χ0v) is 12.6. The van der Waals surface area contributed by atoms with E-state index in [0.29, 0.717) is 11.5 Å². The SMILES string of the molecule is Cc1cc(C(=O)N/N=C\c2cc3c(cc2Br)OCO3)n[nH]1. The van der Waals surface area contributed by atoms with E-state index in [0.717, 1.165) is 15.7 Å². The maximum absolute atomic E-state index is 11.8.